The molecule has 1 N–H and O–H groups in total. The van der Waals surface area contributed by atoms with Crippen LogP contribution in [0.25, 0.3) is 0 Å². The van der Waals surface area contributed by atoms with Crippen LogP contribution in [-0.4, -0.2) is 40.2 Å². The van der Waals surface area contributed by atoms with E-state index in [-0.39, 0.29) is 23.2 Å². The summed E-state index contributed by atoms with van der Waals surface area (Å²) in [6.45, 7) is 6.51. The van der Waals surface area contributed by atoms with Gasteiger partial charge < -0.3 is 5.32 Å². The number of aromatic nitrogens is 2. The SMILES string of the molecule is Cc1cc(C)n(CC2CCN(CC(=O)Nc3cc(C(F)(F)F)ccc3Cl)CC2)n1. The van der Waals surface area contributed by atoms with Crippen LogP contribution >= 0.6 is 11.6 Å². The van der Waals surface area contributed by atoms with Crippen molar-refractivity contribution in [3.8, 4) is 0 Å². The third-order valence-electron chi connectivity index (χ3n) is 5.18. The first kappa shape index (κ1) is 21.6. The fourth-order valence-electron chi connectivity index (χ4n) is 3.62. The van der Waals surface area contributed by atoms with Crippen LogP contribution in [0.5, 0.6) is 0 Å². The monoisotopic (exact) mass is 428 g/mol. The van der Waals surface area contributed by atoms with E-state index in [4.69, 9.17) is 11.6 Å². The maximum absolute atomic E-state index is 12.9. The van der Waals surface area contributed by atoms with E-state index in [1.165, 1.54) is 0 Å². The lowest BCUT2D eigenvalue weighted by molar-refractivity contribution is -0.137. The van der Waals surface area contributed by atoms with E-state index < -0.39 is 11.7 Å². The summed E-state index contributed by atoms with van der Waals surface area (Å²) in [4.78, 5) is 14.3. The summed E-state index contributed by atoms with van der Waals surface area (Å²) in [5.41, 5.74) is 1.28. The van der Waals surface area contributed by atoms with Crippen LogP contribution in [0.2, 0.25) is 5.02 Å². The lowest BCUT2D eigenvalue weighted by Gasteiger charge is -2.31. The van der Waals surface area contributed by atoms with Gasteiger partial charge in [0.05, 0.1) is 28.5 Å². The number of nitrogens with zero attached hydrogens (tertiary/aromatic N) is 3. The second-order valence-corrected chi connectivity index (χ2v) is 7.98. The van der Waals surface area contributed by atoms with Gasteiger partial charge in [-0.15, -0.1) is 0 Å². The number of rotatable bonds is 5. The quantitative estimate of drug-likeness (QED) is 0.761. The number of halogens is 4. The number of piperidine rings is 1. The number of benzene rings is 1. The minimum atomic E-state index is -4.49. The topological polar surface area (TPSA) is 50.2 Å². The van der Waals surface area contributed by atoms with Crippen LogP contribution in [0.3, 0.4) is 0 Å². The molecule has 9 heteroatoms. The molecule has 29 heavy (non-hydrogen) atoms. The van der Waals surface area contributed by atoms with Crippen LogP contribution in [-0.2, 0) is 17.5 Å². The van der Waals surface area contributed by atoms with E-state index in [2.05, 4.69) is 16.5 Å². The molecule has 1 aliphatic rings. The van der Waals surface area contributed by atoms with Crippen LogP contribution in [0, 0.1) is 19.8 Å². The second-order valence-electron chi connectivity index (χ2n) is 7.57. The molecule has 1 amide bonds. The molecule has 0 saturated carbocycles. The fraction of sp³-hybridized carbons (Fsp3) is 0.500. The van der Waals surface area contributed by atoms with Gasteiger partial charge >= 0.3 is 6.18 Å². The molecule has 1 aromatic heterocycles. The van der Waals surface area contributed by atoms with Crippen molar-refractivity contribution in [1.82, 2.24) is 14.7 Å². The number of aryl methyl sites for hydroxylation is 2. The Morgan fingerprint density at radius 3 is 2.52 bits per heavy atom. The van der Waals surface area contributed by atoms with Crippen LogP contribution in [0.1, 0.15) is 29.8 Å². The van der Waals surface area contributed by atoms with Crippen molar-refractivity contribution < 1.29 is 18.0 Å². The second kappa shape index (κ2) is 8.75. The molecular weight excluding hydrogens is 405 g/mol. The first-order valence-corrected chi connectivity index (χ1v) is 9.89. The maximum Gasteiger partial charge on any atom is 0.416 e. The largest absolute Gasteiger partial charge is 0.416 e. The Hall–Kier alpha value is -2.06. The van der Waals surface area contributed by atoms with Gasteiger partial charge in [0.1, 0.15) is 0 Å². The first-order chi connectivity index (χ1) is 13.6. The molecule has 1 saturated heterocycles. The Kier molecular flexibility index (Phi) is 6.53. The van der Waals surface area contributed by atoms with Crippen molar-refractivity contribution in [2.75, 3.05) is 25.0 Å². The molecule has 0 unspecified atom stereocenters. The number of carbonyl (C=O) groups is 1. The minimum absolute atomic E-state index is 0.0223. The summed E-state index contributed by atoms with van der Waals surface area (Å²) in [6.07, 6.45) is -2.61. The highest BCUT2D eigenvalue weighted by Crippen LogP contribution is 2.33. The number of nitrogens with one attached hydrogen (secondary N) is 1. The molecule has 1 aromatic carbocycles. The summed E-state index contributed by atoms with van der Waals surface area (Å²) in [7, 11) is 0. The van der Waals surface area contributed by atoms with E-state index in [1.54, 1.807) is 0 Å². The van der Waals surface area contributed by atoms with Crippen molar-refractivity contribution in [3.63, 3.8) is 0 Å². The molecule has 3 rings (SSSR count). The summed E-state index contributed by atoms with van der Waals surface area (Å²) < 4.78 is 40.6. The molecule has 0 radical (unpaired) electrons. The highest BCUT2D eigenvalue weighted by Gasteiger charge is 2.31. The number of hydrogen-bond acceptors (Lipinski definition) is 3. The molecule has 158 valence electrons. The third-order valence-corrected chi connectivity index (χ3v) is 5.51. The Morgan fingerprint density at radius 1 is 1.24 bits per heavy atom. The Morgan fingerprint density at radius 2 is 1.93 bits per heavy atom. The van der Waals surface area contributed by atoms with Gasteiger partial charge in [0.15, 0.2) is 0 Å². The molecule has 0 bridgehead atoms. The average molecular weight is 429 g/mol. The standard InChI is InChI=1S/C20H24ClF3N4O/c1-13-9-14(2)28(26-13)11-15-5-7-27(8-6-15)12-19(29)25-18-10-16(20(22,23)24)3-4-17(18)21/h3-4,9-10,15H,5-8,11-12H2,1-2H3,(H,25,29). The lowest BCUT2D eigenvalue weighted by Crippen LogP contribution is -2.40. The van der Waals surface area contributed by atoms with Gasteiger partial charge in [-0.05, 0) is 70.0 Å². The van der Waals surface area contributed by atoms with Gasteiger partial charge in [-0.25, -0.2) is 0 Å². The zero-order valence-electron chi connectivity index (χ0n) is 16.4. The Balaban J connectivity index is 1.51. The van der Waals surface area contributed by atoms with Gasteiger partial charge in [-0.1, -0.05) is 11.6 Å². The van der Waals surface area contributed by atoms with E-state index in [0.717, 1.165) is 62.1 Å². The molecule has 0 atom stereocenters. The summed E-state index contributed by atoms with van der Waals surface area (Å²) in [5, 5.41) is 7.08. The van der Waals surface area contributed by atoms with Gasteiger partial charge in [0.2, 0.25) is 5.91 Å². The van der Waals surface area contributed by atoms with Crippen molar-refractivity contribution in [3.05, 3.63) is 46.2 Å². The summed E-state index contributed by atoms with van der Waals surface area (Å²) >= 11 is 5.94. The van der Waals surface area contributed by atoms with Gasteiger partial charge in [-0.3, -0.25) is 14.4 Å². The Labute approximate surface area is 172 Å². The highest BCUT2D eigenvalue weighted by molar-refractivity contribution is 6.33. The zero-order chi connectivity index (χ0) is 21.2. The highest BCUT2D eigenvalue weighted by atomic mass is 35.5. The van der Waals surface area contributed by atoms with Crippen molar-refractivity contribution in [2.24, 2.45) is 5.92 Å². The zero-order valence-corrected chi connectivity index (χ0v) is 17.1. The first-order valence-electron chi connectivity index (χ1n) is 9.52. The van der Waals surface area contributed by atoms with Crippen molar-refractivity contribution in [1.29, 1.82) is 0 Å². The van der Waals surface area contributed by atoms with Gasteiger partial charge in [0.25, 0.3) is 0 Å². The molecule has 0 spiro atoms. The summed E-state index contributed by atoms with van der Waals surface area (Å²) in [6, 6.07) is 4.95. The van der Waals surface area contributed by atoms with Crippen LogP contribution < -0.4 is 5.32 Å². The third kappa shape index (κ3) is 5.73. The number of amides is 1. The number of carbonyl (C=O) groups excluding carboxylic acids is 1. The predicted molar refractivity (Wildman–Crippen MR) is 106 cm³/mol. The number of anilines is 1. The fourth-order valence-corrected chi connectivity index (χ4v) is 3.79. The van der Waals surface area contributed by atoms with Crippen molar-refractivity contribution >= 4 is 23.2 Å². The predicted octanol–water partition coefficient (Wildman–Crippen LogP) is 4.52. The van der Waals surface area contributed by atoms with Crippen LogP contribution in [0.15, 0.2) is 24.3 Å². The van der Waals surface area contributed by atoms with E-state index in [1.807, 2.05) is 23.4 Å². The van der Waals surface area contributed by atoms with E-state index in [0.29, 0.717) is 5.92 Å². The molecule has 5 nitrogen and oxygen atoms in total. The maximum atomic E-state index is 12.9. The van der Waals surface area contributed by atoms with Crippen LogP contribution in [0.4, 0.5) is 18.9 Å². The molecular formula is C20H24ClF3N4O. The van der Waals surface area contributed by atoms with Crippen molar-refractivity contribution in [2.45, 2.75) is 39.4 Å². The summed E-state index contributed by atoms with van der Waals surface area (Å²) in [5.74, 6) is 0.119. The molecule has 0 aliphatic carbocycles. The number of likely N-dealkylation sites (tertiary alicyclic amines) is 1. The van der Waals surface area contributed by atoms with Gasteiger partial charge in [-0.2, -0.15) is 18.3 Å². The molecule has 2 aromatic rings. The van der Waals surface area contributed by atoms with E-state index >= 15 is 0 Å². The normalized spacial score (nSPS) is 16.2. The molecule has 2 heterocycles. The molecule has 1 fully saturated rings. The number of alkyl halides is 3. The smallest absolute Gasteiger partial charge is 0.324 e. The molecule has 1 aliphatic heterocycles. The van der Waals surface area contributed by atoms with Gasteiger partial charge in [0, 0.05) is 12.2 Å². The Bertz CT molecular complexity index is 873. The average Bonchev–Trinajstić information content (AvgIpc) is 2.94. The minimum Gasteiger partial charge on any atom is -0.324 e. The lowest BCUT2D eigenvalue weighted by atomic mass is 9.97. The van der Waals surface area contributed by atoms with E-state index in [9.17, 15) is 18.0 Å². The number of hydrogen-bond donors (Lipinski definition) is 1.